The van der Waals surface area contributed by atoms with Crippen LogP contribution in [0.15, 0.2) is 18.5 Å². The zero-order valence-corrected chi connectivity index (χ0v) is 9.59. The molecule has 1 unspecified atom stereocenters. The standard InChI is InChI=1S/C12H19N3O/c1-2-7-16-12(4-1)10-14-8-11(9-14)15-6-3-5-13-15/h3,5-6,11-12H,1-2,4,7-10H2. The van der Waals surface area contributed by atoms with Crippen LogP contribution in [0.25, 0.3) is 0 Å². The van der Waals surface area contributed by atoms with Gasteiger partial charge < -0.3 is 4.74 Å². The topological polar surface area (TPSA) is 30.3 Å². The van der Waals surface area contributed by atoms with E-state index in [0.29, 0.717) is 12.1 Å². The largest absolute Gasteiger partial charge is 0.377 e. The quantitative estimate of drug-likeness (QED) is 0.771. The van der Waals surface area contributed by atoms with Crippen LogP contribution in [0.5, 0.6) is 0 Å². The fourth-order valence-corrected chi connectivity index (χ4v) is 2.60. The summed E-state index contributed by atoms with van der Waals surface area (Å²) < 4.78 is 7.81. The summed E-state index contributed by atoms with van der Waals surface area (Å²) in [4.78, 5) is 2.47. The highest BCUT2D eigenvalue weighted by Gasteiger charge is 2.30. The molecule has 88 valence electrons. The first-order valence-corrected chi connectivity index (χ1v) is 6.25. The van der Waals surface area contributed by atoms with Crippen LogP contribution >= 0.6 is 0 Å². The molecule has 2 fully saturated rings. The highest BCUT2D eigenvalue weighted by Crippen LogP contribution is 2.22. The summed E-state index contributed by atoms with van der Waals surface area (Å²) in [5.41, 5.74) is 0. The van der Waals surface area contributed by atoms with Gasteiger partial charge in [0.1, 0.15) is 0 Å². The van der Waals surface area contributed by atoms with E-state index in [-0.39, 0.29) is 0 Å². The highest BCUT2D eigenvalue weighted by atomic mass is 16.5. The number of aromatic nitrogens is 2. The maximum atomic E-state index is 5.75. The lowest BCUT2D eigenvalue weighted by molar-refractivity contribution is -0.0288. The molecule has 1 aromatic rings. The summed E-state index contributed by atoms with van der Waals surface area (Å²) in [7, 11) is 0. The Morgan fingerprint density at radius 3 is 2.94 bits per heavy atom. The Hall–Kier alpha value is -0.870. The van der Waals surface area contributed by atoms with Crippen molar-refractivity contribution < 1.29 is 4.74 Å². The zero-order valence-electron chi connectivity index (χ0n) is 9.59. The highest BCUT2D eigenvalue weighted by molar-refractivity contribution is 4.90. The molecule has 1 atom stereocenters. The van der Waals surface area contributed by atoms with E-state index in [1.807, 2.05) is 12.3 Å². The van der Waals surface area contributed by atoms with Crippen LogP contribution in [0.3, 0.4) is 0 Å². The van der Waals surface area contributed by atoms with Crippen molar-refractivity contribution in [2.75, 3.05) is 26.2 Å². The van der Waals surface area contributed by atoms with Gasteiger partial charge in [0.05, 0.1) is 12.1 Å². The Morgan fingerprint density at radius 2 is 2.25 bits per heavy atom. The summed E-state index contributed by atoms with van der Waals surface area (Å²) in [6.07, 6.45) is 8.20. The Bertz CT molecular complexity index is 313. The van der Waals surface area contributed by atoms with E-state index in [4.69, 9.17) is 4.74 Å². The number of hydrogen-bond donors (Lipinski definition) is 0. The van der Waals surface area contributed by atoms with E-state index < -0.39 is 0 Å². The third kappa shape index (κ3) is 2.13. The minimum Gasteiger partial charge on any atom is -0.377 e. The minimum atomic E-state index is 0.479. The lowest BCUT2D eigenvalue weighted by Gasteiger charge is -2.41. The maximum absolute atomic E-state index is 5.75. The van der Waals surface area contributed by atoms with Crippen molar-refractivity contribution in [3.05, 3.63) is 18.5 Å². The van der Waals surface area contributed by atoms with E-state index >= 15 is 0 Å². The average Bonchev–Trinajstić information content (AvgIpc) is 2.77. The molecule has 2 saturated heterocycles. The van der Waals surface area contributed by atoms with E-state index in [1.165, 1.54) is 19.3 Å². The second-order valence-corrected chi connectivity index (χ2v) is 4.85. The number of ether oxygens (including phenoxy) is 1. The van der Waals surface area contributed by atoms with Crippen LogP contribution in [0, 0.1) is 0 Å². The van der Waals surface area contributed by atoms with Gasteiger partial charge in [-0.3, -0.25) is 9.58 Å². The predicted octanol–water partition coefficient (Wildman–Crippen LogP) is 1.31. The molecule has 1 aromatic heterocycles. The van der Waals surface area contributed by atoms with E-state index in [0.717, 1.165) is 26.2 Å². The number of hydrogen-bond acceptors (Lipinski definition) is 3. The molecular weight excluding hydrogens is 202 g/mol. The summed E-state index contributed by atoms with van der Waals surface area (Å²) in [5, 5.41) is 4.28. The molecule has 4 nitrogen and oxygen atoms in total. The molecule has 0 saturated carbocycles. The van der Waals surface area contributed by atoms with Gasteiger partial charge in [-0.05, 0) is 25.3 Å². The Morgan fingerprint density at radius 1 is 1.31 bits per heavy atom. The molecule has 0 aliphatic carbocycles. The molecule has 0 radical (unpaired) electrons. The average molecular weight is 221 g/mol. The molecule has 3 rings (SSSR count). The van der Waals surface area contributed by atoms with Crippen LogP contribution in [0.1, 0.15) is 25.3 Å². The van der Waals surface area contributed by atoms with Gasteiger partial charge in [0.15, 0.2) is 0 Å². The lowest BCUT2D eigenvalue weighted by atomic mass is 10.0. The molecule has 4 heteroatoms. The Labute approximate surface area is 96.2 Å². The lowest BCUT2D eigenvalue weighted by Crippen LogP contribution is -2.51. The van der Waals surface area contributed by atoms with Crippen molar-refractivity contribution in [2.45, 2.75) is 31.4 Å². The van der Waals surface area contributed by atoms with Gasteiger partial charge in [-0.15, -0.1) is 0 Å². The van der Waals surface area contributed by atoms with Crippen molar-refractivity contribution in [1.82, 2.24) is 14.7 Å². The smallest absolute Gasteiger partial charge is 0.0772 e. The fourth-order valence-electron chi connectivity index (χ4n) is 2.60. The van der Waals surface area contributed by atoms with Crippen molar-refractivity contribution in [3.8, 4) is 0 Å². The second-order valence-electron chi connectivity index (χ2n) is 4.85. The van der Waals surface area contributed by atoms with Crippen LogP contribution in [0.4, 0.5) is 0 Å². The maximum Gasteiger partial charge on any atom is 0.0772 e. The van der Waals surface area contributed by atoms with E-state index in [1.54, 1.807) is 0 Å². The summed E-state index contributed by atoms with van der Waals surface area (Å²) >= 11 is 0. The van der Waals surface area contributed by atoms with Crippen LogP contribution in [-0.4, -0.2) is 47.0 Å². The van der Waals surface area contributed by atoms with Crippen molar-refractivity contribution in [2.24, 2.45) is 0 Å². The molecule has 0 N–H and O–H groups in total. The number of rotatable bonds is 3. The number of nitrogens with zero attached hydrogens (tertiary/aromatic N) is 3. The first-order chi connectivity index (χ1) is 7.92. The van der Waals surface area contributed by atoms with E-state index in [2.05, 4.69) is 20.9 Å². The molecule has 0 spiro atoms. The zero-order chi connectivity index (χ0) is 10.8. The molecular formula is C12H19N3O. The van der Waals surface area contributed by atoms with Gasteiger partial charge in [0.2, 0.25) is 0 Å². The van der Waals surface area contributed by atoms with Gasteiger partial charge in [-0.2, -0.15) is 5.10 Å². The predicted molar refractivity (Wildman–Crippen MR) is 61.3 cm³/mol. The van der Waals surface area contributed by atoms with Gasteiger partial charge in [0.25, 0.3) is 0 Å². The second kappa shape index (κ2) is 4.55. The Kier molecular flexibility index (Phi) is 2.93. The third-order valence-corrected chi connectivity index (χ3v) is 3.57. The summed E-state index contributed by atoms with van der Waals surface area (Å²) in [5.74, 6) is 0. The third-order valence-electron chi connectivity index (χ3n) is 3.57. The molecule has 0 amide bonds. The normalized spacial score (nSPS) is 27.9. The van der Waals surface area contributed by atoms with Crippen LogP contribution in [0.2, 0.25) is 0 Å². The van der Waals surface area contributed by atoms with Gasteiger partial charge in [-0.25, -0.2) is 0 Å². The van der Waals surface area contributed by atoms with Crippen molar-refractivity contribution in [1.29, 1.82) is 0 Å². The van der Waals surface area contributed by atoms with Crippen molar-refractivity contribution in [3.63, 3.8) is 0 Å². The van der Waals surface area contributed by atoms with E-state index in [9.17, 15) is 0 Å². The summed E-state index contributed by atoms with van der Waals surface area (Å²) in [6.45, 7) is 4.32. The van der Waals surface area contributed by atoms with Crippen LogP contribution < -0.4 is 0 Å². The van der Waals surface area contributed by atoms with Gasteiger partial charge in [0, 0.05) is 38.6 Å². The van der Waals surface area contributed by atoms with Gasteiger partial charge >= 0.3 is 0 Å². The minimum absolute atomic E-state index is 0.479. The molecule has 0 bridgehead atoms. The summed E-state index contributed by atoms with van der Waals surface area (Å²) in [6, 6.07) is 2.57. The fraction of sp³-hybridized carbons (Fsp3) is 0.750. The first-order valence-electron chi connectivity index (χ1n) is 6.25. The van der Waals surface area contributed by atoms with Gasteiger partial charge in [-0.1, -0.05) is 0 Å². The molecule has 3 heterocycles. The van der Waals surface area contributed by atoms with Crippen LogP contribution in [-0.2, 0) is 4.74 Å². The van der Waals surface area contributed by atoms with Crippen molar-refractivity contribution >= 4 is 0 Å². The SMILES string of the molecule is c1cnn(C2CN(CC3CCCCO3)C2)c1. The monoisotopic (exact) mass is 221 g/mol. The molecule has 2 aliphatic heterocycles. The molecule has 2 aliphatic rings. The number of likely N-dealkylation sites (tertiary alicyclic amines) is 1. The molecule has 16 heavy (non-hydrogen) atoms. The molecule has 0 aromatic carbocycles. The first kappa shape index (κ1) is 10.3. The Balaban J connectivity index is 1.43.